The van der Waals surface area contributed by atoms with Crippen LogP contribution in [-0.2, 0) is 14.3 Å². The number of nitrogens with one attached hydrogen (secondary N) is 1. The summed E-state index contributed by atoms with van der Waals surface area (Å²) in [4.78, 5) is 24.5. The van der Waals surface area contributed by atoms with Gasteiger partial charge in [0, 0.05) is 12.8 Å². The number of aliphatic hydroxyl groups is 2. The van der Waals surface area contributed by atoms with Crippen molar-refractivity contribution in [3.05, 3.63) is 36.5 Å². The average molecular weight is 1150 g/mol. The van der Waals surface area contributed by atoms with Gasteiger partial charge in [0.15, 0.2) is 0 Å². The molecule has 1 amide bonds. The van der Waals surface area contributed by atoms with Crippen LogP contribution in [0.25, 0.3) is 0 Å². The molecular formula is C76H145NO5. The molecule has 2 unspecified atom stereocenters. The first-order valence-electron chi connectivity index (χ1n) is 37.2. The maximum Gasteiger partial charge on any atom is 0.305 e. The first-order valence-corrected chi connectivity index (χ1v) is 37.2. The molecule has 82 heavy (non-hydrogen) atoms. The van der Waals surface area contributed by atoms with Gasteiger partial charge in [-0.05, 0) is 83.5 Å². The number of rotatable bonds is 70. The van der Waals surface area contributed by atoms with Gasteiger partial charge >= 0.3 is 5.97 Å². The lowest BCUT2D eigenvalue weighted by molar-refractivity contribution is -0.143. The number of carbonyl (C=O) groups excluding carboxylic acids is 2. The standard InChI is InChI=1S/C76H145NO5/c1-3-5-7-9-11-13-15-17-45-48-52-56-60-64-68-74(79)73(72-78)77-75(80)69-65-61-57-53-49-46-43-41-39-37-35-33-31-29-27-25-23-21-19-18-20-22-24-26-28-30-32-34-36-38-40-42-44-47-51-55-59-63-67-71-82-76(81)70-66-62-58-54-50-16-14-12-10-8-6-4-2/h12,14,18-19,22,24,73-74,78-79H,3-11,13,15-17,20-21,23,25-72H2,1-2H3,(H,77,80)/b14-12-,19-18-,24-22-. The topological polar surface area (TPSA) is 95.9 Å². The first kappa shape index (κ1) is 80.1. The van der Waals surface area contributed by atoms with Crippen molar-refractivity contribution in [2.24, 2.45) is 0 Å². The summed E-state index contributed by atoms with van der Waals surface area (Å²) >= 11 is 0. The van der Waals surface area contributed by atoms with Crippen LogP contribution < -0.4 is 5.32 Å². The summed E-state index contributed by atoms with van der Waals surface area (Å²) in [5.74, 6) is -0.0189. The minimum atomic E-state index is -0.661. The Morgan fingerprint density at radius 1 is 0.341 bits per heavy atom. The highest BCUT2D eigenvalue weighted by Gasteiger charge is 2.20. The highest BCUT2D eigenvalue weighted by atomic mass is 16.5. The Morgan fingerprint density at radius 3 is 0.963 bits per heavy atom. The highest BCUT2D eigenvalue weighted by Crippen LogP contribution is 2.19. The monoisotopic (exact) mass is 1150 g/mol. The Balaban J connectivity index is 3.34. The second-order valence-electron chi connectivity index (χ2n) is 25.6. The Kier molecular flexibility index (Phi) is 69.9. The average Bonchev–Trinajstić information content (AvgIpc) is 3.48. The number of allylic oxidation sites excluding steroid dienone is 6. The maximum absolute atomic E-state index is 12.5. The van der Waals surface area contributed by atoms with Gasteiger partial charge in [0.1, 0.15) is 0 Å². The number of hydrogen-bond acceptors (Lipinski definition) is 5. The van der Waals surface area contributed by atoms with Crippen molar-refractivity contribution in [1.82, 2.24) is 5.32 Å². The van der Waals surface area contributed by atoms with Crippen LogP contribution in [0.3, 0.4) is 0 Å². The van der Waals surface area contributed by atoms with Crippen LogP contribution in [-0.4, -0.2) is 47.4 Å². The minimum Gasteiger partial charge on any atom is -0.466 e. The number of carbonyl (C=O) groups is 2. The van der Waals surface area contributed by atoms with Crippen LogP contribution in [0.15, 0.2) is 36.5 Å². The summed E-state index contributed by atoms with van der Waals surface area (Å²) in [6.07, 6.45) is 92.3. The lowest BCUT2D eigenvalue weighted by Gasteiger charge is -2.22. The summed E-state index contributed by atoms with van der Waals surface area (Å²) < 4.78 is 5.48. The van der Waals surface area contributed by atoms with E-state index < -0.39 is 12.1 Å². The fourth-order valence-corrected chi connectivity index (χ4v) is 11.7. The molecule has 0 saturated carbocycles. The Morgan fingerprint density at radius 2 is 0.610 bits per heavy atom. The summed E-state index contributed by atoms with van der Waals surface area (Å²) in [5.41, 5.74) is 0. The van der Waals surface area contributed by atoms with Gasteiger partial charge < -0.3 is 20.3 Å². The normalized spacial score (nSPS) is 12.7. The van der Waals surface area contributed by atoms with Crippen LogP contribution in [0.1, 0.15) is 412 Å². The van der Waals surface area contributed by atoms with Gasteiger partial charge in [0.05, 0.1) is 25.4 Å². The molecule has 3 N–H and O–H groups in total. The van der Waals surface area contributed by atoms with Gasteiger partial charge in [0.2, 0.25) is 5.91 Å². The molecule has 484 valence electrons. The second-order valence-corrected chi connectivity index (χ2v) is 25.6. The van der Waals surface area contributed by atoms with E-state index in [0.29, 0.717) is 25.9 Å². The van der Waals surface area contributed by atoms with Crippen LogP contribution in [0, 0.1) is 0 Å². The van der Waals surface area contributed by atoms with Gasteiger partial charge in [-0.15, -0.1) is 0 Å². The molecule has 0 spiro atoms. The zero-order valence-electron chi connectivity index (χ0n) is 55.5. The lowest BCUT2D eigenvalue weighted by Crippen LogP contribution is -2.45. The molecule has 0 saturated heterocycles. The zero-order chi connectivity index (χ0) is 59.2. The predicted octanol–water partition coefficient (Wildman–Crippen LogP) is 24.3. The Bertz CT molecular complexity index is 1330. The molecule has 0 rings (SSSR count). The van der Waals surface area contributed by atoms with E-state index in [1.165, 1.54) is 327 Å². The second kappa shape index (κ2) is 71.6. The van der Waals surface area contributed by atoms with E-state index in [1.807, 2.05) is 0 Å². The summed E-state index contributed by atoms with van der Waals surface area (Å²) in [5, 5.41) is 23.3. The van der Waals surface area contributed by atoms with Crippen molar-refractivity contribution in [2.75, 3.05) is 13.2 Å². The maximum atomic E-state index is 12.5. The van der Waals surface area contributed by atoms with Crippen LogP contribution >= 0.6 is 0 Å². The Labute approximate surface area is 513 Å². The van der Waals surface area contributed by atoms with Crippen molar-refractivity contribution >= 4 is 11.9 Å². The van der Waals surface area contributed by atoms with Gasteiger partial charge in [-0.25, -0.2) is 0 Å². The van der Waals surface area contributed by atoms with Crippen molar-refractivity contribution < 1.29 is 24.5 Å². The van der Waals surface area contributed by atoms with E-state index in [2.05, 4.69) is 55.6 Å². The number of ether oxygens (including phenoxy) is 1. The first-order chi connectivity index (χ1) is 40.5. The fraction of sp³-hybridized carbons (Fsp3) is 0.895. The fourth-order valence-electron chi connectivity index (χ4n) is 11.7. The van der Waals surface area contributed by atoms with Crippen molar-refractivity contribution in [3.8, 4) is 0 Å². The van der Waals surface area contributed by atoms with Gasteiger partial charge in [-0.2, -0.15) is 0 Å². The smallest absolute Gasteiger partial charge is 0.305 e. The molecule has 2 atom stereocenters. The largest absolute Gasteiger partial charge is 0.466 e. The van der Waals surface area contributed by atoms with Crippen LogP contribution in [0.4, 0.5) is 0 Å². The quantitative estimate of drug-likeness (QED) is 0.0320. The molecule has 0 aliphatic heterocycles. The number of aliphatic hydroxyl groups excluding tert-OH is 2. The number of hydrogen-bond donors (Lipinski definition) is 3. The summed E-state index contributed by atoms with van der Waals surface area (Å²) in [6, 6.07) is -0.538. The van der Waals surface area contributed by atoms with Crippen LogP contribution in [0.2, 0.25) is 0 Å². The molecule has 6 heteroatoms. The highest BCUT2D eigenvalue weighted by molar-refractivity contribution is 5.76. The Hall–Kier alpha value is -1.92. The summed E-state index contributed by atoms with van der Waals surface area (Å²) in [6.45, 7) is 4.96. The van der Waals surface area contributed by atoms with Gasteiger partial charge in [0.25, 0.3) is 0 Å². The third-order valence-electron chi connectivity index (χ3n) is 17.4. The predicted molar refractivity (Wildman–Crippen MR) is 361 cm³/mol. The van der Waals surface area contributed by atoms with Gasteiger partial charge in [-0.1, -0.05) is 352 Å². The molecule has 0 radical (unpaired) electrons. The van der Waals surface area contributed by atoms with Crippen molar-refractivity contribution in [1.29, 1.82) is 0 Å². The zero-order valence-corrected chi connectivity index (χ0v) is 55.5. The van der Waals surface area contributed by atoms with Gasteiger partial charge in [-0.3, -0.25) is 9.59 Å². The third kappa shape index (κ3) is 67.2. The number of esters is 1. The molecule has 0 aromatic carbocycles. The molecule has 0 fully saturated rings. The van der Waals surface area contributed by atoms with E-state index in [-0.39, 0.29) is 18.5 Å². The van der Waals surface area contributed by atoms with E-state index >= 15 is 0 Å². The van der Waals surface area contributed by atoms with E-state index in [4.69, 9.17) is 4.74 Å². The van der Waals surface area contributed by atoms with Crippen molar-refractivity contribution in [2.45, 2.75) is 424 Å². The summed E-state index contributed by atoms with van der Waals surface area (Å²) in [7, 11) is 0. The van der Waals surface area contributed by atoms with E-state index in [9.17, 15) is 19.8 Å². The van der Waals surface area contributed by atoms with E-state index in [0.717, 1.165) is 51.4 Å². The molecule has 0 aliphatic carbocycles. The molecule has 0 heterocycles. The van der Waals surface area contributed by atoms with E-state index in [1.54, 1.807) is 0 Å². The third-order valence-corrected chi connectivity index (χ3v) is 17.4. The molecule has 0 aromatic rings. The lowest BCUT2D eigenvalue weighted by atomic mass is 10.0. The number of amides is 1. The molecule has 0 bridgehead atoms. The SMILES string of the molecule is CCCCC/C=C\CCCCCCCC(=O)OCCCCCCCCCCCCCCCCC/C=C\C/C=C\CCCCCCCCCCCCCCCCCCCC(=O)NC(CO)C(O)CCCCCCCCCCCCCCCC. The molecule has 6 nitrogen and oxygen atoms in total. The molecule has 0 aliphatic rings. The number of unbranched alkanes of at least 4 members (excludes halogenated alkanes) is 53. The molecular weight excluding hydrogens is 1010 g/mol. The van der Waals surface area contributed by atoms with Crippen molar-refractivity contribution in [3.63, 3.8) is 0 Å². The van der Waals surface area contributed by atoms with Crippen LogP contribution in [0.5, 0.6) is 0 Å². The minimum absolute atomic E-state index is 0.0105. The molecule has 0 aromatic heterocycles.